The maximum absolute atomic E-state index is 8.60. The standard InChI is InChI=1S/C10H19NO.C2H6/c1-8(2)7-10(11)9(3)5-4-6-12;1-2/h7,9,12H,1,4-6,11H2,2-3H3;1-2H3/b10-7+;. The molecule has 0 aliphatic rings. The minimum absolute atomic E-state index is 0.241. The lowest BCUT2D eigenvalue weighted by Gasteiger charge is -2.10. The van der Waals surface area contributed by atoms with E-state index in [2.05, 4.69) is 13.5 Å². The zero-order chi connectivity index (χ0) is 11.6. The third kappa shape index (κ3) is 9.33. The van der Waals surface area contributed by atoms with Crippen LogP contribution in [0.3, 0.4) is 0 Å². The fraction of sp³-hybridized carbons (Fsp3) is 0.667. The second kappa shape index (κ2) is 10.3. The minimum atomic E-state index is 0.241. The van der Waals surface area contributed by atoms with Gasteiger partial charge in [0.25, 0.3) is 0 Å². The van der Waals surface area contributed by atoms with E-state index < -0.39 is 0 Å². The summed E-state index contributed by atoms with van der Waals surface area (Å²) >= 11 is 0. The number of aliphatic hydroxyl groups excluding tert-OH is 1. The van der Waals surface area contributed by atoms with Crippen LogP contribution in [-0.4, -0.2) is 11.7 Å². The maximum Gasteiger partial charge on any atom is 0.0431 e. The molecule has 0 saturated heterocycles. The molecule has 0 radical (unpaired) electrons. The number of hydrogen-bond donors (Lipinski definition) is 2. The summed E-state index contributed by atoms with van der Waals surface area (Å²) in [5.74, 6) is 0.342. The largest absolute Gasteiger partial charge is 0.402 e. The van der Waals surface area contributed by atoms with Gasteiger partial charge in [-0.25, -0.2) is 0 Å². The van der Waals surface area contributed by atoms with Gasteiger partial charge in [-0.05, 0) is 31.8 Å². The summed E-state index contributed by atoms with van der Waals surface area (Å²) < 4.78 is 0. The maximum atomic E-state index is 8.60. The molecule has 1 unspecified atom stereocenters. The van der Waals surface area contributed by atoms with Crippen LogP contribution in [0.15, 0.2) is 23.9 Å². The van der Waals surface area contributed by atoms with Gasteiger partial charge in [0, 0.05) is 12.3 Å². The van der Waals surface area contributed by atoms with Gasteiger partial charge in [0.05, 0.1) is 0 Å². The molecule has 0 saturated carbocycles. The Morgan fingerprint density at radius 3 is 2.36 bits per heavy atom. The van der Waals surface area contributed by atoms with Crippen molar-refractivity contribution < 1.29 is 5.11 Å². The highest BCUT2D eigenvalue weighted by molar-refractivity contribution is 5.17. The predicted molar refractivity (Wildman–Crippen MR) is 63.9 cm³/mol. The highest BCUT2D eigenvalue weighted by Gasteiger charge is 2.03. The third-order valence-corrected chi connectivity index (χ3v) is 1.78. The molecule has 0 bridgehead atoms. The lowest BCUT2D eigenvalue weighted by Crippen LogP contribution is -2.09. The van der Waals surface area contributed by atoms with Gasteiger partial charge in [0.2, 0.25) is 0 Å². The van der Waals surface area contributed by atoms with Crippen molar-refractivity contribution in [2.24, 2.45) is 11.7 Å². The number of allylic oxidation sites excluding steroid dienone is 3. The smallest absolute Gasteiger partial charge is 0.0431 e. The average Bonchev–Trinajstić information content (AvgIpc) is 2.16. The third-order valence-electron chi connectivity index (χ3n) is 1.78. The first-order chi connectivity index (χ1) is 6.57. The van der Waals surface area contributed by atoms with E-state index in [-0.39, 0.29) is 6.61 Å². The van der Waals surface area contributed by atoms with Crippen LogP contribution in [0.1, 0.15) is 40.5 Å². The summed E-state index contributed by atoms with van der Waals surface area (Å²) in [5.41, 5.74) is 7.61. The molecule has 0 spiro atoms. The topological polar surface area (TPSA) is 46.2 Å². The van der Waals surface area contributed by atoms with E-state index in [1.807, 2.05) is 26.8 Å². The molecule has 0 aromatic carbocycles. The van der Waals surface area contributed by atoms with E-state index in [0.717, 1.165) is 24.1 Å². The van der Waals surface area contributed by atoms with Crippen molar-refractivity contribution in [3.8, 4) is 0 Å². The Morgan fingerprint density at radius 2 is 2.00 bits per heavy atom. The van der Waals surface area contributed by atoms with Crippen LogP contribution in [0.25, 0.3) is 0 Å². The molecule has 2 nitrogen and oxygen atoms in total. The molecule has 0 aromatic heterocycles. The number of rotatable bonds is 5. The van der Waals surface area contributed by atoms with Gasteiger partial charge in [-0.1, -0.05) is 32.9 Å². The Morgan fingerprint density at radius 1 is 1.50 bits per heavy atom. The van der Waals surface area contributed by atoms with Gasteiger partial charge >= 0.3 is 0 Å². The predicted octanol–water partition coefficient (Wildman–Crippen LogP) is 2.84. The van der Waals surface area contributed by atoms with E-state index >= 15 is 0 Å². The van der Waals surface area contributed by atoms with Crippen molar-refractivity contribution in [2.45, 2.75) is 40.5 Å². The first-order valence-electron chi connectivity index (χ1n) is 5.31. The van der Waals surface area contributed by atoms with Crippen molar-refractivity contribution >= 4 is 0 Å². The summed E-state index contributed by atoms with van der Waals surface area (Å²) in [4.78, 5) is 0. The zero-order valence-electron chi connectivity index (χ0n) is 10.0. The van der Waals surface area contributed by atoms with Crippen molar-refractivity contribution in [1.29, 1.82) is 0 Å². The Bertz CT molecular complexity index is 173. The molecule has 2 heteroatoms. The zero-order valence-corrected chi connectivity index (χ0v) is 10.0. The second-order valence-electron chi connectivity index (χ2n) is 3.26. The lowest BCUT2D eigenvalue weighted by atomic mass is 10.0. The summed E-state index contributed by atoms with van der Waals surface area (Å²) in [6.07, 6.45) is 3.64. The Hall–Kier alpha value is -0.760. The molecule has 84 valence electrons. The monoisotopic (exact) mass is 199 g/mol. The minimum Gasteiger partial charge on any atom is -0.402 e. The van der Waals surface area contributed by atoms with Gasteiger partial charge in [-0.3, -0.25) is 0 Å². The SMILES string of the molecule is C=C(C)/C=C(/N)C(C)CCCO.CC. The Balaban J connectivity index is 0. The molecule has 0 aliphatic heterocycles. The molecular weight excluding hydrogens is 174 g/mol. The molecule has 0 amide bonds. The van der Waals surface area contributed by atoms with E-state index in [9.17, 15) is 0 Å². The van der Waals surface area contributed by atoms with Crippen LogP contribution in [0.2, 0.25) is 0 Å². The van der Waals surface area contributed by atoms with Gasteiger partial charge in [0.15, 0.2) is 0 Å². The lowest BCUT2D eigenvalue weighted by molar-refractivity contribution is 0.277. The Labute approximate surface area is 88.5 Å². The molecule has 0 rings (SSSR count). The number of aliphatic hydroxyl groups is 1. The highest BCUT2D eigenvalue weighted by Crippen LogP contribution is 2.12. The molecule has 0 heterocycles. The number of hydrogen-bond acceptors (Lipinski definition) is 2. The van der Waals surface area contributed by atoms with Crippen LogP contribution in [0.4, 0.5) is 0 Å². The summed E-state index contributed by atoms with van der Waals surface area (Å²) in [7, 11) is 0. The van der Waals surface area contributed by atoms with Gasteiger partial charge < -0.3 is 10.8 Å². The van der Waals surface area contributed by atoms with Crippen LogP contribution in [-0.2, 0) is 0 Å². The summed E-state index contributed by atoms with van der Waals surface area (Å²) in [5, 5.41) is 8.60. The van der Waals surface area contributed by atoms with Crippen molar-refractivity contribution in [2.75, 3.05) is 6.61 Å². The van der Waals surface area contributed by atoms with Crippen molar-refractivity contribution in [3.05, 3.63) is 23.9 Å². The first kappa shape index (κ1) is 15.7. The van der Waals surface area contributed by atoms with Gasteiger partial charge in [-0.2, -0.15) is 0 Å². The van der Waals surface area contributed by atoms with Crippen molar-refractivity contribution in [3.63, 3.8) is 0 Å². The molecular formula is C12H25NO. The molecule has 3 N–H and O–H groups in total. The normalized spacial score (nSPS) is 12.8. The van der Waals surface area contributed by atoms with E-state index in [4.69, 9.17) is 10.8 Å². The fourth-order valence-electron chi connectivity index (χ4n) is 0.991. The molecule has 0 aliphatic carbocycles. The van der Waals surface area contributed by atoms with Crippen molar-refractivity contribution in [1.82, 2.24) is 0 Å². The first-order valence-corrected chi connectivity index (χ1v) is 5.31. The van der Waals surface area contributed by atoms with Crippen LogP contribution in [0, 0.1) is 5.92 Å². The van der Waals surface area contributed by atoms with Gasteiger partial charge in [0.1, 0.15) is 0 Å². The summed E-state index contributed by atoms with van der Waals surface area (Å²) in [6.45, 7) is 12.0. The van der Waals surface area contributed by atoms with Crippen LogP contribution in [0.5, 0.6) is 0 Å². The average molecular weight is 199 g/mol. The summed E-state index contributed by atoms with van der Waals surface area (Å²) in [6, 6.07) is 0. The van der Waals surface area contributed by atoms with E-state index in [0.29, 0.717) is 5.92 Å². The Kier molecular flexibility index (Phi) is 11.6. The van der Waals surface area contributed by atoms with Gasteiger partial charge in [-0.15, -0.1) is 0 Å². The van der Waals surface area contributed by atoms with Crippen LogP contribution < -0.4 is 5.73 Å². The molecule has 0 aromatic rings. The van der Waals surface area contributed by atoms with E-state index in [1.165, 1.54) is 0 Å². The second-order valence-corrected chi connectivity index (χ2v) is 3.26. The number of nitrogens with two attached hydrogens (primary N) is 1. The quantitative estimate of drug-likeness (QED) is 0.669. The molecule has 1 atom stereocenters. The van der Waals surface area contributed by atoms with E-state index in [1.54, 1.807) is 0 Å². The fourth-order valence-corrected chi connectivity index (χ4v) is 0.991. The van der Waals surface area contributed by atoms with Crippen LogP contribution >= 0.6 is 0 Å². The molecule has 0 fully saturated rings. The highest BCUT2D eigenvalue weighted by atomic mass is 16.2. The molecule has 14 heavy (non-hydrogen) atoms.